The van der Waals surface area contributed by atoms with Gasteiger partial charge in [-0.3, -0.25) is 0 Å². The van der Waals surface area contributed by atoms with Crippen LogP contribution in [0.15, 0.2) is 17.2 Å². The third-order valence-electron chi connectivity index (χ3n) is 3.44. The molecule has 108 valence electrons. The predicted molar refractivity (Wildman–Crippen MR) is 70.1 cm³/mol. The van der Waals surface area contributed by atoms with Crippen molar-refractivity contribution in [3.8, 4) is 0 Å². The fourth-order valence-corrected chi connectivity index (χ4v) is 3.53. The van der Waals surface area contributed by atoms with Gasteiger partial charge in [-0.25, -0.2) is 8.42 Å². The van der Waals surface area contributed by atoms with Crippen LogP contribution in [0, 0.1) is 0 Å². The normalized spacial score (nSPS) is 20.3. The lowest BCUT2D eigenvalue weighted by Crippen LogP contribution is -2.33. The summed E-state index contributed by atoms with van der Waals surface area (Å²) in [7, 11) is -0.246. The number of ether oxygens (including phenoxy) is 1. The van der Waals surface area contributed by atoms with E-state index in [1.165, 1.54) is 16.6 Å². The van der Waals surface area contributed by atoms with Crippen LogP contribution in [0.4, 0.5) is 0 Å². The Balaban J connectivity index is 2.15. The molecular weight excluding hydrogens is 268 g/mol. The summed E-state index contributed by atoms with van der Waals surface area (Å²) in [6.07, 6.45) is 3.39. The number of rotatable bonds is 5. The minimum absolute atomic E-state index is 0.0131. The van der Waals surface area contributed by atoms with Gasteiger partial charge in [-0.1, -0.05) is 0 Å². The van der Waals surface area contributed by atoms with E-state index in [1.54, 1.807) is 18.7 Å². The van der Waals surface area contributed by atoms with Gasteiger partial charge in [0.1, 0.15) is 4.90 Å². The average Bonchev–Trinajstić information content (AvgIpc) is 2.98. The zero-order valence-corrected chi connectivity index (χ0v) is 12.1. The maximum Gasteiger partial charge on any atom is 0.244 e. The monoisotopic (exact) mass is 288 g/mol. The van der Waals surface area contributed by atoms with Gasteiger partial charge < -0.3 is 14.4 Å². The van der Waals surface area contributed by atoms with E-state index in [9.17, 15) is 8.42 Å². The van der Waals surface area contributed by atoms with Crippen molar-refractivity contribution in [2.75, 3.05) is 20.2 Å². The Morgan fingerprint density at radius 1 is 1.58 bits per heavy atom. The SMILES string of the molecule is CN(CC1CCCO1)S(=O)(=O)c1cc(CO)n(C)c1. The molecule has 2 rings (SSSR count). The molecule has 1 aliphatic rings. The van der Waals surface area contributed by atoms with E-state index < -0.39 is 10.0 Å². The number of hydrogen-bond donors (Lipinski definition) is 1. The number of nitrogens with zero attached hydrogens (tertiary/aromatic N) is 2. The lowest BCUT2D eigenvalue weighted by molar-refractivity contribution is 0.0979. The zero-order chi connectivity index (χ0) is 14.0. The summed E-state index contributed by atoms with van der Waals surface area (Å²) in [4.78, 5) is 0.208. The molecule has 0 amide bonds. The van der Waals surface area contributed by atoms with Gasteiger partial charge in [-0.15, -0.1) is 0 Å². The van der Waals surface area contributed by atoms with Crippen LogP contribution in [-0.4, -0.2) is 48.7 Å². The molecule has 1 fully saturated rings. The zero-order valence-electron chi connectivity index (χ0n) is 11.2. The molecule has 1 atom stereocenters. The molecule has 1 aliphatic heterocycles. The molecule has 0 saturated carbocycles. The van der Waals surface area contributed by atoms with Crippen LogP contribution < -0.4 is 0 Å². The van der Waals surface area contributed by atoms with Crippen LogP contribution in [0.5, 0.6) is 0 Å². The van der Waals surface area contributed by atoms with Crippen molar-refractivity contribution in [2.45, 2.75) is 30.4 Å². The van der Waals surface area contributed by atoms with E-state index in [1.807, 2.05) is 0 Å². The van der Waals surface area contributed by atoms with Gasteiger partial charge in [-0.05, 0) is 18.9 Å². The first-order chi connectivity index (χ1) is 8.95. The number of aryl methyl sites for hydroxylation is 1. The molecule has 0 spiro atoms. The quantitative estimate of drug-likeness (QED) is 0.847. The van der Waals surface area contributed by atoms with Gasteiger partial charge in [0.2, 0.25) is 10.0 Å². The first kappa shape index (κ1) is 14.5. The molecule has 2 heterocycles. The van der Waals surface area contributed by atoms with E-state index in [0.717, 1.165) is 12.8 Å². The van der Waals surface area contributed by atoms with Crippen LogP contribution in [0.25, 0.3) is 0 Å². The second-order valence-electron chi connectivity index (χ2n) is 4.86. The van der Waals surface area contributed by atoms with Crippen LogP contribution in [0.2, 0.25) is 0 Å². The molecule has 1 N–H and O–H groups in total. The first-order valence-electron chi connectivity index (χ1n) is 6.29. The summed E-state index contributed by atoms with van der Waals surface area (Å²) < 4.78 is 33.1. The molecule has 6 nitrogen and oxygen atoms in total. The number of likely N-dealkylation sites (N-methyl/N-ethyl adjacent to an activating group) is 1. The number of aliphatic hydroxyl groups excluding tert-OH is 1. The van der Waals surface area contributed by atoms with E-state index in [0.29, 0.717) is 18.8 Å². The van der Waals surface area contributed by atoms with Gasteiger partial charge >= 0.3 is 0 Å². The minimum Gasteiger partial charge on any atom is -0.390 e. The molecule has 1 aromatic heterocycles. The highest BCUT2D eigenvalue weighted by molar-refractivity contribution is 7.89. The summed E-state index contributed by atoms with van der Waals surface area (Å²) in [5, 5.41) is 9.12. The van der Waals surface area contributed by atoms with Gasteiger partial charge in [-0.2, -0.15) is 4.31 Å². The molecule has 1 aromatic rings. The predicted octanol–water partition coefficient (Wildman–Crippen LogP) is 0.317. The Morgan fingerprint density at radius 3 is 2.84 bits per heavy atom. The van der Waals surface area contributed by atoms with Crippen molar-refractivity contribution in [1.82, 2.24) is 8.87 Å². The van der Waals surface area contributed by atoms with E-state index in [4.69, 9.17) is 9.84 Å². The molecule has 19 heavy (non-hydrogen) atoms. The molecule has 7 heteroatoms. The third-order valence-corrected chi connectivity index (χ3v) is 5.23. The average molecular weight is 288 g/mol. The van der Waals surface area contributed by atoms with E-state index >= 15 is 0 Å². The first-order valence-corrected chi connectivity index (χ1v) is 7.73. The Bertz CT molecular complexity index is 532. The molecule has 0 radical (unpaired) electrons. The fraction of sp³-hybridized carbons (Fsp3) is 0.667. The van der Waals surface area contributed by atoms with Crippen molar-refractivity contribution < 1.29 is 18.3 Å². The van der Waals surface area contributed by atoms with Crippen molar-refractivity contribution in [3.05, 3.63) is 18.0 Å². The lowest BCUT2D eigenvalue weighted by atomic mass is 10.2. The third kappa shape index (κ3) is 3.00. The highest BCUT2D eigenvalue weighted by Crippen LogP contribution is 2.20. The second-order valence-corrected chi connectivity index (χ2v) is 6.90. The number of aliphatic hydroxyl groups is 1. The molecule has 1 unspecified atom stereocenters. The van der Waals surface area contributed by atoms with E-state index in [-0.39, 0.29) is 17.6 Å². The Labute approximate surface area is 113 Å². The van der Waals surface area contributed by atoms with Crippen LogP contribution >= 0.6 is 0 Å². The Morgan fingerprint density at radius 2 is 2.32 bits per heavy atom. The summed E-state index contributed by atoms with van der Waals surface area (Å²) in [6.45, 7) is 0.895. The lowest BCUT2D eigenvalue weighted by Gasteiger charge is -2.19. The van der Waals surface area contributed by atoms with Gasteiger partial charge in [0.25, 0.3) is 0 Å². The van der Waals surface area contributed by atoms with Crippen LogP contribution in [0.1, 0.15) is 18.5 Å². The molecule has 0 aliphatic carbocycles. The van der Waals surface area contributed by atoms with Crippen molar-refractivity contribution in [1.29, 1.82) is 0 Å². The minimum atomic E-state index is -3.52. The summed E-state index contributed by atoms with van der Waals surface area (Å²) in [5.41, 5.74) is 0.573. The van der Waals surface area contributed by atoms with Crippen LogP contribution in [-0.2, 0) is 28.4 Å². The van der Waals surface area contributed by atoms with Gasteiger partial charge in [0.05, 0.1) is 12.7 Å². The van der Waals surface area contributed by atoms with Crippen molar-refractivity contribution in [2.24, 2.45) is 7.05 Å². The maximum absolute atomic E-state index is 12.4. The Hall–Kier alpha value is -0.890. The van der Waals surface area contributed by atoms with Crippen LogP contribution in [0.3, 0.4) is 0 Å². The molecular formula is C12H20N2O4S. The van der Waals surface area contributed by atoms with Gasteiger partial charge in [0.15, 0.2) is 0 Å². The smallest absolute Gasteiger partial charge is 0.244 e. The summed E-state index contributed by atoms with van der Waals surface area (Å²) >= 11 is 0. The highest BCUT2D eigenvalue weighted by Gasteiger charge is 2.27. The summed E-state index contributed by atoms with van der Waals surface area (Å²) in [6, 6.07) is 1.50. The molecule has 0 aromatic carbocycles. The van der Waals surface area contributed by atoms with Gasteiger partial charge in [0, 0.05) is 39.1 Å². The van der Waals surface area contributed by atoms with E-state index in [2.05, 4.69) is 0 Å². The molecule has 1 saturated heterocycles. The number of sulfonamides is 1. The number of aromatic nitrogens is 1. The molecule has 0 bridgehead atoms. The largest absolute Gasteiger partial charge is 0.390 e. The number of hydrogen-bond acceptors (Lipinski definition) is 4. The summed E-state index contributed by atoms with van der Waals surface area (Å²) in [5.74, 6) is 0. The standard InChI is InChI=1S/C12H20N2O4S/c1-13-8-12(6-10(13)9-15)19(16,17)14(2)7-11-4-3-5-18-11/h6,8,11,15H,3-5,7,9H2,1-2H3. The maximum atomic E-state index is 12.4. The van der Waals surface area contributed by atoms with Crippen molar-refractivity contribution >= 4 is 10.0 Å². The highest BCUT2D eigenvalue weighted by atomic mass is 32.2. The topological polar surface area (TPSA) is 71.8 Å². The fourth-order valence-electron chi connectivity index (χ4n) is 2.23. The Kier molecular flexibility index (Phi) is 4.29. The second kappa shape index (κ2) is 5.62. The van der Waals surface area contributed by atoms with Crippen molar-refractivity contribution in [3.63, 3.8) is 0 Å².